The summed E-state index contributed by atoms with van der Waals surface area (Å²) in [6.45, 7) is 6.66. The number of halogens is 1. The molecular weight excluding hydrogens is 270 g/mol. The number of alkyl halides is 1. The van der Waals surface area contributed by atoms with Crippen molar-refractivity contribution in [3.05, 3.63) is 29.3 Å². The maximum absolute atomic E-state index is 12.3. The maximum Gasteiger partial charge on any atom is 0.243 e. The smallest absolute Gasteiger partial charge is 0.207 e. The zero-order valence-electron chi connectivity index (χ0n) is 11.1. The third kappa shape index (κ3) is 3.05. The molecule has 3 nitrogen and oxygen atoms in total. The molecule has 0 bridgehead atoms. The highest BCUT2D eigenvalue weighted by atomic mass is 35.5. The summed E-state index contributed by atoms with van der Waals surface area (Å²) in [7, 11) is -3.38. The van der Waals surface area contributed by atoms with Crippen LogP contribution in [0.1, 0.15) is 31.9 Å². The van der Waals surface area contributed by atoms with Crippen molar-refractivity contribution in [2.45, 2.75) is 38.0 Å². The fourth-order valence-corrected chi connectivity index (χ4v) is 3.70. The summed E-state index contributed by atoms with van der Waals surface area (Å²) < 4.78 is 26.1. The molecule has 0 aliphatic carbocycles. The number of rotatable bonds is 6. The molecule has 0 amide bonds. The van der Waals surface area contributed by atoms with Crippen LogP contribution in [0.15, 0.2) is 23.1 Å². The highest BCUT2D eigenvalue weighted by Gasteiger charge is 2.22. The fourth-order valence-electron chi connectivity index (χ4n) is 1.94. The Balaban J connectivity index is 3.25. The number of nitrogens with zero attached hydrogens (tertiary/aromatic N) is 1. The SMILES string of the molecule is CCc1ccc(S(=O)(=O)N(CC)CC)cc1CCl. The van der Waals surface area contributed by atoms with Crippen molar-refractivity contribution < 1.29 is 8.42 Å². The molecule has 1 rings (SSSR count). The Morgan fingerprint density at radius 3 is 2.17 bits per heavy atom. The molecule has 0 atom stereocenters. The largest absolute Gasteiger partial charge is 0.243 e. The quantitative estimate of drug-likeness (QED) is 0.755. The van der Waals surface area contributed by atoms with Crippen LogP contribution in [0.25, 0.3) is 0 Å². The average molecular weight is 290 g/mol. The Hall–Kier alpha value is -0.580. The van der Waals surface area contributed by atoms with Crippen LogP contribution in [-0.4, -0.2) is 25.8 Å². The van der Waals surface area contributed by atoms with E-state index >= 15 is 0 Å². The van der Waals surface area contributed by atoms with Gasteiger partial charge in [0.25, 0.3) is 0 Å². The van der Waals surface area contributed by atoms with E-state index in [0.29, 0.717) is 23.9 Å². The van der Waals surface area contributed by atoms with Crippen LogP contribution < -0.4 is 0 Å². The zero-order valence-corrected chi connectivity index (χ0v) is 12.7. The molecule has 102 valence electrons. The number of benzene rings is 1. The third-order valence-corrected chi connectivity index (χ3v) is 5.38. The van der Waals surface area contributed by atoms with Crippen LogP contribution in [-0.2, 0) is 22.3 Å². The van der Waals surface area contributed by atoms with Crippen LogP contribution >= 0.6 is 11.6 Å². The van der Waals surface area contributed by atoms with Gasteiger partial charge in [-0.15, -0.1) is 11.6 Å². The number of sulfonamides is 1. The Labute approximate surface area is 115 Å². The monoisotopic (exact) mass is 289 g/mol. The van der Waals surface area contributed by atoms with E-state index < -0.39 is 10.0 Å². The summed E-state index contributed by atoms with van der Waals surface area (Å²) in [6.07, 6.45) is 0.855. The first kappa shape index (κ1) is 15.5. The normalized spacial score (nSPS) is 12.1. The average Bonchev–Trinajstić information content (AvgIpc) is 2.38. The van der Waals surface area contributed by atoms with Gasteiger partial charge < -0.3 is 0 Å². The summed E-state index contributed by atoms with van der Waals surface area (Å²) in [5.74, 6) is 0.338. The van der Waals surface area contributed by atoms with Gasteiger partial charge in [-0.1, -0.05) is 26.8 Å². The van der Waals surface area contributed by atoms with E-state index in [1.807, 2.05) is 26.8 Å². The molecule has 0 aliphatic rings. The van der Waals surface area contributed by atoms with E-state index in [1.54, 1.807) is 12.1 Å². The first-order valence-corrected chi connectivity index (χ1v) is 8.16. The van der Waals surface area contributed by atoms with E-state index in [-0.39, 0.29) is 0 Å². The molecule has 0 aliphatic heterocycles. The van der Waals surface area contributed by atoms with Gasteiger partial charge in [0.1, 0.15) is 0 Å². The fraction of sp³-hybridized carbons (Fsp3) is 0.538. The summed E-state index contributed by atoms with van der Waals surface area (Å²) in [5.41, 5.74) is 2.00. The first-order chi connectivity index (χ1) is 8.51. The minimum atomic E-state index is -3.38. The van der Waals surface area contributed by atoms with Crippen LogP contribution in [0.5, 0.6) is 0 Å². The summed E-state index contributed by atoms with van der Waals surface area (Å²) >= 11 is 5.87. The molecule has 0 saturated heterocycles. The Kier molecular flexibility index (Phi) is 5.63. The van der Waals surface area contributed by atoms with Gasteiger partial charge in [-0.05, 0) is 29.7 Å². The number of hydrogen-bond donors (Lipinski definition) is 0. The highest BCUT2D eigenvalue weighted by molar-refractivity contribution is 7.89. The van der Waals surface area contributed by atoms with E-state index in [0.717, 1.165) is 17.5 Å². The molecule has 5 heteroatoms. The Bertz CT molecular complexity index is 496. The van der Waals surface area contributed by atoms with Crippen LogP contribution in [0.2, 0.25) is 0 Å². The van der Waals surface area contributed by atoms with Crippen LogP contribution in [0, 0.1) is 0 Å². The lowest BCUT2D eigenvalue weighted by Crippen LogP contribution is -2.30. The second-order valence-electron chi connectivity index (χ2n) is 4.01. The van der Waals surface area contributed by atoms with Gasteiger partial charge in [-0.3, -0.25) is 0 Å². The van der Waals surface area contributed by atoms with Crippen molar-refractivity contribution >= 4 is 21.6 Å². The molecule has 0 N–H and O–H groups in total. The lowest BCUT2D eigenvalue weighted by molar-refractivity contribution is 0.445. The summed E-state index contributed by atoms with van der Waals surface area (Å²) in [4.78, 5) is 0.332. The Morgan fingerprint density at radius 2 is 1.72 bits per heavy atom. The van der Waals surface area contributed by atoms with Crippen LogP contribution in [0.3, 0.4) is 0 Å². The zero-order chi connectivity index (χ0) is 13.8. The second kappa shape index (κ2) is 6.55. The lowest BCUT2D eigenvalue weighted by Gasteiger charge is -2.19. The maximum atomic E-state index is 12.3. The van der Waals surface area contributed by atoms with Crippen molar-refractivity contribution in [1.29, 1.82) is 0 Å². The minimum absolute atomic E-state index is 0.332. The van der Waals surface area contributed by atoms with Crippen molar-refractivity contribution in [3.63, 3.8) is 0 Å². The first-order valence-electron chi connectivity index (χ1n) is 6.19. The van der Waals surface area contributed by atoms with Crippen molar-refractivity contribution in [3.8, 4) is 0 Å². The molecule has 0 unspecified atom stereocenters. The van der Waals surface area contributed by atoms with Crippen molar-refractivity contribution in [1.82, 2.24) is 4.31 Å². The molecule has 18 heavy (non-hydrogen) atoms. The second-order valence-corrected chi connectivity index (χ2v) is 6.21. The van der Waals surface area contributed by atoms with E-state index in [1.165, 1.54) is 4.31 Å². The topological polar surface area (TPSA) is 37.4 Å². The third-order valence-electron chi connectivity index (χ3n) is 3.05. The predicted octanol–water partition coefficient (Wildman–Crippen LogP) is 3.02. The molecular formula is C13H20ClNO2S. The van der Waals surface area contributed by atoms with Gasteiger partial charge in [0.05, 0.1) is 4.90 Å². The van der Waals surface area contributed by atoms with Gasteiger partial charge in [0.2, 0.25) is 10.0 Å². The molecule has 0 fully saturated rings. The highest BCUT2D eigenvalue weighted by Crippen LogP contribution is 2.21. The molecule has 0 spiro atoms. The molecule has 0 radical (unpaired) electrons. The number of hydrogen-bond acceptors (Lipinski definition) is 2. The number of aryl methyl sites for hydroxylation is 1. The molecule has 0 heterocycles. The van der Waals surface area contributed by atoms with Crippen molar-refractivity contribution in [2.75, 3.05) is 13.1 Å². The van der Waals surface area contributed by atoms with Crippen molar-refractivity contribution in [2.24, 2.45) is 0 Å². The van der Waals surface area contributed by atoms with Gasteiger partial charge in [-0.25, -0.2) is 8.42 Å². The predicted molar refractivity (Wildman–Crippen MR) is 75.5 cm³/mol. The van der Waals surface area contributed by atoms with E-state index in [4.69, 9.17) is 11.6 Å². The lowest BCUT2D eigenvalue weighted by atomic mass is 10.1. The van der Waals surface area contributed by atoms with Gasteiger partial charge >= 0.3 is 0 Å². The van der Waals surface area contributed by atoms with E-state index in [9.17, 15) is 8.42 Å². The standard InChI is InChI=1S/C13H20ClNO2S/c1-4-11-7-8-13(9-12(11)10-14)18(16,17)15(5-2)6-3/h7-9H,4-6,10H2,1-3H3. The minimum Gasteiger partial charge on any atom is -0.207 e. The van der Waals surface area contributed by atoms with Gasteiger partial charge in [-0.2, -0.15) is 4.31 Å². The Morgan fingerprint density at radius 1 is 1.11 bits per heavy atom. The summed E-state index contributed by atoms with van der Waals surface area (Å²) in [5, 5.41) is 0. The molecule has 1 aromatic rings. The molecule has 0 aromatic heterocycles. The summed E-state index contributed by atoms with van der Waals surface area (Å²) in [6, 6.07) is 5.22. The molecule has 0 saturated carbocycles. The van der Waals surface area contributed by atoms with Crippen LogP contribution in [0.4, 0.5) is 0 Å². The van der Waals surface area contributed by atoms with E-state index in [2.05, 4.69) is 0 Å². The molecule has 1 aromatic carbocycles. The van der Waals surface area contributed by atoms with Gasteiger partial charge in [0.15, 0.2) is 0 Å². The van der Waals surface area contributed by atoms with Gasteiger partial charge in [0, 0.05) is 19.0 Å².